The van der Waals surface area contributed by atoms with Crippen molar-refractivity contribution in [3.8, 4) is 0 Å². The third-order valence-electron chi connectivity index (χ3n) is 2.18. The van der Waals surface area contributed by atoms with E-state index in [-0.39, 0.29) is 0 Å². The summed E-state index contributed by atoms with van der Waals surface area (Å²) in [6.45, 7) is 6.79. The topological polar surface area (TPSA) is 3.24 Å². The zero-order chi connectivity index (χ0) is 10.4. The van der Waals surface area contributed by atoms with Gasteiger partial charge >= 0.3 is 0 Å². The highest BCUT2D eigenvalue weighted by atomic mass is 127. The summed E-state index contributed by atoms with van der Waals surface area (Å²) in [7, 11) is 0. The summed E-state index contributed by atoms with van der Waals surface area (Å²) in [6.07, 6.45) is 2.43. The predicted octanol–water partition coefficient (Wildman–Crippen LogP) is 3.92. The molecule has 0 saturated heterocycles. The van der Waals surface area contributed by atoms with Crippen LogP contribution in [0, 0.1) is 3.57 Å². The molecule has 0 atom stereocenters. The van der Waals surface area contributed by atoms with Crippen LogP contribution in [0.5, 0.6) is 0 Å². The van der Waals surface area contributed by atoms with Crippen LogP contribution in [0.1, 0.15) is 26.7 Å². The van der Waals surface area contributed by atoms with Gasteiger partial charge in [-0.05, 0) is 59.7 Å². The molecule has 0 fully saturated rings. The van der Waals surface area contributed by atoms with E-state index >= 15 is 0 Å². The van der Waals surface area contributed by atoms with Gasteiger partial charge in [0.05, 0.1) is 0 Å². The molecule has 0 amide bonds. The van der Waals surface area contributed by atoms with Gasteiger partial charge in [0.2, 0.25) is 0 Å². The van der Waals surface area contributed by atoms with Gasteiger partial charge < -0.3 is 4.90 Å². The fourth-order valence-corrected chi connectivity index (χ4v) is 1.92. The number of halogens is 1. The monoisotopic (exact) mass is 303 g/mol. The third-order valence-corrected chi connectivity index (χ3v) is 2.90. The van der Waals surface area contributed by atoms with Crippen LogP contribution in [0.25, 0.3) is 0 Å². The molecule has 1 rings (SSSR count). The maximum atomic E-state index is 2.45. The largest absolute Gasteiger partial charge is 0.372 e. The second-order valence-electron chi connectivity index (χ2n) is 3.46. The lowest BCUT2D eigenvalue weighted by Gasteiger charge is -2.23. The van der Waals surface area contributed by atoms with Crippen molar-refractivity contribution < 1.29 is 0 Å². The molecule has 0 aliphatic carbocycles. The lowest BCUT2D eigenvalue weighted by molar-refractivity contribution is 0.745. The Kier molecular flexibility index (Phi) is 5.30. The standard InChI is InChI=1S/C12H18IN/c1-3-9-14(10-4-2)12-7-5-11(13)6-8-12/h5-8H,3-4,9-10H2,1-2H3. The molecule has 0 radical (unpaired) electrons. The van der Waals surface area contributed by atoms with Crippen LogP contribution in [0.3, 0.4) is 0 Å². The fraction of sp³-hybridized carbons (Fsp3) is 0.500. The minimum atomic E-state index is 1.16. The number of anilines is 1. The molecule has 0 aromatic heterocycles. The maximum absolute atomic E-state index is 2.45. The Morgan fingerprint density at radius 1 is 1.00 bits per heavy atom. The summed E-state index contributed by atoms with van der Waals surface area (Å²) in [4.78, 5) is 2.45. The van der Waals surface area contributed by atoms with Crippen molar-refractivity contribution in [1.29, 1.82) is 0 Å². The van der Waals surface area contributed by atoms with Crippen molar-refractivity contribution in [2.75, 3.05) is 18.0 Å². The predicted molar refractivity (Wildman–Crippen MR) is 72.0 cm³/mol. The highest BCUT2D eigenvalue weighted by molar-refractivity contribution is 14.1. The lowest BCUT2D eigenvalue weighted by Crippen LogP contribution is -2.24. The third kappa shape index (κ3) is 3.48. The molecule has 0 unspecified atom stereocenters. The van der Waals surface area contributed by atoms with Crippen molar-refractivity contribution in [2.45, 2.75) is 26.7 Å². The molecular formula is C12H18IN. The number of nitrogens with zero attached hydrogens (tertiary/aromatic N) is 1. The molecule has 0 aliphatic rings. The van der Waals surface area contributed by atoms with E-state index in [0.29, 0.717) is 0 Å². The number of hydrogen-bond acceptors (Lipinski definition) is 1. The van der Waals surface area contributed by atoms with Crippen LogP contribution < -0.4 is 4.90 Å². The Labute approximate surface area is 101 Å². The maximum Gasteiger partial charge on any atom is 0.0366 e. The zero-order valence-electron chi connectivity index (χ0n) is 8.96. The Morgan fingerprint density at radius 3 is 1.93 bits per heavy atom. The van der Waals surface area contributed by atoms with Crippen molar-refractivity contribution in [3.05, 3.63) is 27.8 Å². The Bertz CT molecular complexity index is 250. The van der Waals surface area contributed by atoms with Gasteiger partial charge in [0, 0.05) is 22.3 Å². The van der Waals surface area contributed by atoms with E-state index in [1.54, 1.807) is 0 Å². The van der Waals surface area contributed by atoms with Gasteiger partial charge in [-0.1, -0.05) is 13.8 Å². The molecule has 0 heterocycles. The highest BCUT2D eigenvalue weighted by Crippen LogP contribution is 2.16. The molecule has 0 saturated carbocycles. The zero-order valence-corrected chi connectivity index (χ0v) is 11.1. The molecule has 0 spiro atoms. The second-order valence-corrected chi connectivity index (χ2v) is 4.71. The average Bonchev–Trinajstić information content (AvgIpc) is 2.19. The number of hydrogen-bond donors (Lipinski definition) is 0. The average molecular weight is 303 g/mol. The van der Waals surface area contributed by atoms with Gasteiger partial charge in [-0.25, -0.2) is 0 Å². The Balaban J connectivity index is 2.71. The SMILES string of the molecule is CCCN(CCC)c1ccc(I)cc1. The smallest absolute Gasteiger partial charge is 0.0366 e. The molecule has 78 valence electrons. The second kappa shape index (κ2) is 6.27. The van der Waals surface area contributed by atoms with Crippen LogP contribution in [0.15, 0.2) is 24.3 Å². The van der Waals surface area contributed by atoms with Crippen LogP contribution in [-0.4, -0.2) is 13.1 Å². The van der Waals surface area contributed by atoms with E-state index in [1.165, 1.54) is 22.1 Å². The van der Waals surface area contributed by atoms with E-state index < -0.39 is 0 Å². The van der Waals surface area contributed by atoms with E-state index in [4.69, 9.17) is 0 Å². The van der Waals surface area contributed by atoms with Crippen LogP contribution in [0.2, 0.25) is 0 Å². The van der Waals surface area contributed by atoms with Crippen molar-refractivity contribution in [3.63, 3.8) is 0 Å². The van der Waals surface area contributed by atoms with Gasteiger partial charge in [0.1, 0.15) is 0 Å². The summed E-state index contributed by atoms with van der Waals surface area (Å²) in [5, 5.41) is 0. The van der Waals surface area contributed by atoms with Gasteiger partial charge in [0.15, 0.2) is 0 Å². The van der Waals surface area contributed by atoms with Gasteiger partial charge in [0.25, 0.3) is 0 Å². The first kappa shape index (κ1) is 11.8. The quantitative estimate of drug-likeness (QED) is 0.745. The Hall–Kier alpha value is -0.250. The summed E-state index contributed by atoms with van der Waals surface area (Å²) in [6, 6.07) is 8.78. The minimum absolute atomic E-state index is 1.16. The fourth-order valence-electron chi connectivity index (χ4n) is 1.56. The normalized spacial score (nSPS) is 10.2. The van der Waals surface area contributed by atoms with Crippen molar-refractivity contribution in [1.82, 2.24) is 0 Å². The molecule has 2 heteroatoms. The first-order valence-electron chi connectivity index (χ1n) is 5.28. The molecule has 0 N–H and O–H groups in total. The van der Waals surface area contributed by atoms with E-state index in [2.05, 4.69) is 65.6 Å². The highest BCUT2D eigenvalue weighted by Gasteiger charge is 2.02. The van der Waals surface area contributed by atoms with Crippen molar-refractivity contribution >= 4 is 28.3 Å². The first-order valence-corrected chi connectivity index (χ1v) is 6.36. The van der Waals surface area contributed by atoms with E-state index in [0.717, 1.165) is 13.1 Å². The van der Waals surface area contributed by atoms with Gasteiger partial charge in [-0.15, -0.1) is 0 Å². The van der Waals surface area contributed by atoms with Gasteiger partial charge in [-0.2, -0.15) is 0 Å². The summed E-state index contributed by atoms with van der Waals surface area (Å²) < 4.78 is 1.30. The Morgan fingerprint density at radius 2 is 1.50 bits per heavy atom. The molecule has 0 aliphatic heterocycles. The molecule has 1 aromatic carbocycles. The molecule has 1 nitrogen and oxygen atoms in total. The lowest BCUT2D eigenvalue weighted by atomic mass is 10.2. The first-order chi connectivity index (χ1) is 6.77. The molecule has 14 heavy (non-hydrogen) atoms. The van der Waals surface area contributed by atoms with E-state index in [1.807, 2.05) is 0 Å². The van der Waals surface area contributed by atoms with Crippen LogP contribution in [-0.2, 0) is 0 Å². The molecule has 0 bridgehead atoms. The molecule has 1 aromatic rings. The number of rotatable bonds is 5. The van der Waals surface area contributed by atoms with Crippen molar-refractivity contribution in [2.24, 2.45) is 0 Å². The van der Waals surface area contributed by atoms with Gasteiger partial charge in [-0.3, -0.25) is 0 Å². The summed E-state index contributed by atoms with van der Waals surface area (Å²) >= 11 is 2.34. The number of benzene rings is 1. The van der Waals surface area contributed by atoms with E-state index in [9.17, 15) is 0 Å². The summed E-state index contributed by atoms with van der Waals surface area (Å²) in [5.74, 6) is 0. The summed E-state index contributed by atoms with van der Waals surface area (Å²) in [5.41, 5.74) is 1.36. The van der Waals surface area contributed by atoms with Crippen LogP contribution in [0.4, 0.5) is 5.69 Å². The minimum Gasteiger partial charge on any atom is -0.372 e. The molecular weight excluding hydrogens is 285 g/mol. The van der Waals surface area contributed by atoms with Crippen LogP contribution >= 0.6 is 22.6 Å².